The van der Waals surface area contributed by atoms with E-state index in [0.29, 0.717) is 5.92 Å². The topological polar surface area (TPSA) is 59.7 Å². The first kappa shape index (κ1) is 13.0. The summed E-state index contributed by atoms with van der Waals surface area (Å²) in [6, 6.07) is 2.07. The molecular weight excluding hydrogens is 252 g/mol. The SMILES string of the molecule is Cc1cc(N2CCC(c3nncn3C)CC2)nc(C)n1. The minimum atomic E-state index is 0.503. The van der Waals surface area contributed by atoms with E-state index < -0.39 is 0 Å². The summed E-state index contributed by atoms with van der Waals surface area (Å²) in [5.74, 6) is 3.49. The molecule has 0 unspecified atom stereocenters. The summed E-state index contributed by atoms with van der Waals surface area (Å²) in [5, 5.41) is 8.21. The van der Waals surface area contributed by atoms with Gasteiger partial charge in [-0.05, 0) is 26.7 Å². The van der Waals surface area contributed by atoms with Crippen LogP contribution in [0.15, 0.2) is 12.4 Å². The lowest BCUT2D eigenvalue weighted by Gasteiger charge is -2.32. The van der Waals surface area contributed by atoms with Gasteiger partial charge in [-0.2, -0.15) is 0 Å². The first-order chi connectivity index (χ1) is 9.63. The van der Waals surface area contributed by atoms with Crippen molar-refractivity contribution in [3.05, 3.63) is 29.7 Å². The Morgan fingerprint density at radius 3 is 2.50 bits per heavy atom. The first-order valence-corrected chi connectivity index (χ1v) is 7.04. The second-order valence-electron chi connectivity index (χ2n) is 5.48. The Bertz CT molecular complexity index is 577. The smallest absolute Gasteiger partial charge is 0.135 e. The lowest BCUT2D eigenvalue weighted by molar-refractivity contribution is 0.471. The first-order valence-electron chi connectivity index (χ1n) is 7.04. The number of aromatic nitrogens is 5. The highest BCUT2D eigenvalue weighted by Gasteiger charge is 2.24. The molecule has 0 aromatic carbocycles. The quantitative estimate of drug-likeness (QED) is 0.831. The van der Waals surface area contributed by atoms with Crippen molar-refractivity contribution >= 4 is 5.82 Å². The summed E-state index contributed by atoms with van der Waals surface area (Å²) < 4.78 is 2.03. The van der Waals surface area contributed by atoms with Crippen LogP contribution in [0.2, 0.25) is 0 Å². The van der Waals surface area contributed by atoms with Crippen LogP contribution < -0.4 is 4.90 Å². The van der Waals surface area contributed by atoms with Gasteiger partial charge in [-0.25, -0.2) is 9.97 Å². The Hall–Kier alpha value is -1.98. The summed E-state index contributed by atoms with van der Waals surface area (Å²) >= 11 is 0. The molecule has 0 N–H and O–H groups in total. The fourth-order valence-corrected chi connectivity index (χ4v) is 2.89. The maximum Gasteiger partial charge on any atom is 0.135 e. The Morgan fingerprint density at radius 2 is 1.90 bits per heavy atom. The van der Waals surface area contributed by atoms with Gasteiger partial charge in [0.15, 0.2) is 0 Å². The third-order valence-electron chi connectivity index (χ3n) is 3.88. The number of hydrogen-bond donors (Lipinski definition) is 0. The van der Waals surface area contributed by atoms with Crippen molar-refractivity contribution in [1.29, 1.82) is 0 Å². The summed E-state index contributed by atoms with van der Waals surface area (Å²) in [5.41, 5.74) is 1.03. The molecule has 0 amide bonds. The molecule has 20 heavy (non-hydrogen) atoms. The Labute approximate surface area is 118 Å². The van der Waals surface area contributed by atoms with Crippen LogP contribution in [0.4, 0.5) is 5.82 Å². The average Bonchev–Trinajstić information content (AvgIpc) is 2.84. The molecule has 0 spiro atoms. The fourth-order valence-electron chi connectivity index (χ4n) is 2.89. The number of aryl methyl sites for hydroxylation is 3. The van der Waals surface area contributed by atoms with Gasteiger partial charge in [0, 0.05) is 37.8 Å². The van der Waals surface area contributed by atoms with E-state index in [2.05, 4.69) is 31.1 Å². The van der Waals surface area contributed by atoms with Gasteiger partial charge >= 0.3 is 0 Å². The van der Waals surface area contributed by atoms with Crippen molar-refractivity contribution in [2.75, 3.05) is 18.0 Å². The molecule has 0 atom stereocenters. The monoisotopic (exact) mass is 272 g/mol. The van der Waals surface area contributed by atoms with E-state index in [1.165, 1.54) is 0 Å². The zero-order valence-corrected chi connectivity index (χ0v) is 12.2. The second-order valence-corrected chi connectivity index (χ2v) is 5.48. The largest absolute Gasteiger partial charge is 0.356 e. The van der Waals surface area contributed by atoms with Crippen molar-refractivity contribution < 1.29 is 0 Å². The number of piperidine rings is 1. The van der Waals surface area contributed by atoms with Crippen LogP contribution in [0, 0.1) is 13.8 Å². The lowest BCUT2D eigenvalue weighted by Crippen LogP contribution is -2.34. The van der Waals surface area contributed by atoms with Gasteiger partial charge in [0.05, 0.1) is 0 Å². The molecule has 1 aliphatic heterocycles. The highest BCUT2D eigenvalue weighted by atomic mass is 15.3. The zero-order chi connectivity index (χ0) is 14.1. The third-order valence-corrected chi connectivity index (χ3v) is 3.88. The van der Waals surface area contributed by atoms with Crippen LogP contribution >= 0.6 is 0 Å². The Morgan fingerprint density at radius 1 is 1.15 bits per heavy atom. The highest BCUT2D eigenvalue weighted by molar-refractivity contribution is 5.40. The van der Waals surface area contributed by atoms with Crippen LogP contribution in [0.25, 0.3) is 0 Å². The number of rotatable bonds is 2. The minimum absolute atomic E-state index is 0.503. The van der Waals surface area contributed by atoms with Crippen LogP contribution in [0.1, 0.15) is 36.1 Å². The normalized spacial score (nSPS) is 16.6. The average molecular weight is 272 g/mol. The van der Waals surface area contributed by atoms with Crippen LogP contribution in [-0.4, -0.2) is 37.8 Å². The molecule has 0 radical (unpaired) electrons. The Balaban J connectivity index is 1.71. The second kappa shape index (κ2) is 5.19. The molecule has 0 bridgehead atoms. The number of hydrogen-bond acceptors (Lipinski definition) is 5. The molecule has 3 heterocycles. The van der Waals surface area contributed by atoms with Gasteiger partial charge < -0.3 is 9.47 Å². The van der Waals surface area contributed by atoms with Gasteiger partial charge in [-0.1, -0.05) is 0 Å². The number of anilines is 1. The van der Waals surface area contributed by atoms with Gasteiger partial charge in [-0.3, -0.25) is 0 Å². The van der Waals surface area contributed by atoms with Gasteiger partial charge in [0.25, 0.3) is 0 Å². The molecule has 0 aliphatic carbocycles. The molecule has 1 saturated heterocycles. The molecule has 6 nitrogen and oxygen atoms in total. The summed E-state index contributed by atoms with van der Waals surface area (Å²) in [4.78, 5) is 11.2. The summed E-state index contributed by atoms with van der Waals surface area (Å²) in [6.07, 6.45) is 3.96. The molecule has 3 rings (SSSR count). The van der Waals surface area contributed by atoms with Gasteiger partial charge in [0.2, 0.25) is 0 Å². The van der Waals surface area contributed by atoms with Gasteiger partial charge in [0.1, 0.15) is 23.8 Å². The molecule has 2 aromatic rings. The van der Waals surface area contributed by atoms with E-state index in [4.69, 9.17) is 0 Å². The maximum atomic E-state index is 4.54. The molecule has 0 saturated carbocycles. The molecule has 1 fully saturated rings. The fraction of sp³-hybridized carbons (Fsp3) is 0.571. The van der Waals surface area contributed by atoms with E-state index in [-0.39, 0.29) is 0 Å². The number of nitrogens with zero attached hydrogens (tertiary/aromatic N) is 6. The molecule has 2 aromatic heterocycles. The van der Waals surface area contributed by atoms with Crippen LogP contribution in [0.3, 0.4) is 0 Å². The van der Waals surface area contributed by atoms with Crippen molar-refractivity contribution in [2.45, 2.75) is 32.6 Å². The van der Waals surface area contributed by atoms with Crippen molar-refractivity contribution in [3.63, 3.8) is 0 Å². The molecule has 1 aliphatic rings. The van der Waals surface area contributed by atoms with Crippen LogP contribution in [-0.2, 0) is 7.05 Å². The van der Waals surface area contributed by atoms with Crippen molar-refractivity contribution in [1.82, 2.24) is 24.7 Å². The van der Waals surface area contributed by atoms with E-state index in [0.717, 1.165) is 49.1 Å². The Kier molecular flexibility index (Phi) is 3.38. The van der Waals surface area contributed by atoms with E-state index >= 15 is 0 Å². The van der Waals surface area contributed by atoms with Gasteiger partial charge in [-0.15, -0.1) is 10.2 Å². The maximum absolute atomic E-state index is 4.54. The molecular formula is C14H20N6. The highest BCUT2D eigenvalue weighted by Crippen LogP contribution is 2.28. The lowest BCUT2D eigenvalue weighted by atomic mass is 9.96. The minimum Gasteiger partial charge on any atom is -0.356 e. The zero-order valence-electron chi connectivity index (χ0n) is 12.2. The van der Waals surface area contributed by atoms with E-state index in [9.17, 15) is 0 Å². The molecule has 6 heteroatoms. The van der Waals surface area contributed by atoms with Crippen molar-refractivity contribution in [2.24, 2.45) is 7.05 Å². The van der Waals surface area contributed by atoms with E-state index in [1.807, 2.05) is 25.5 Å². The summed E-state index contributed by atoms with van der Waals surface area (Å²) in [6.45, 7) is 5.98. The standard InChI is InChI=1S/C14H20N6/c1-10-8-13(17-11(2)16-10)20-6-4-12(5-7-20)14-18-15-9-19(14)3/h8-9,12H,4-7H2,1-3H3. The predicted molar refractivity (Wildman–Crippen MR) is 76.7 cm³/mol. The predicted octanol–water partition coefficient (Wildman–Crippen LogP) is 1.61. The van der Waals surface area contributed by atoms with Crippen LogP contribution in [0.5, 0.6) is 0 Å². The van der Waals surface area contributed by atoms with E-state index in [1.54, 1.807) is 6.33 Å². The molecule has 106 valence electrons. The van der Waals surface area contributed by atoms with Crippen molar-refractivity contribution in [3.8, 4) is 0 Å². The summed E-state index contributed by atoms with van der Waals surface area (Å²) in [7, 11) is 2.01. The third kappa shape index (κ3) is 2.50.